The molecule has 0 aromatic carbocycles. The lowest BCUT2D eigenvalue weighted by Crippen LogP contribution is -2.38. The lowest BCUT2D eigenvalue weighted by atomic mass is 9.72. The molecule has 0 spiro atoms. The molecule has 0 fully saturated rings. The van der Waals surface area contributed by atoms with Gasteiger partial charge in [0.2, 0.25) is 0 Å². The lowest BCUT2D eigenvalue weighted by molar-refractivity contribution is -0.161. The molecule has 0 aromatic heterocycles. The second kappa shape index (κ2) is 6.98. The van der Waals surface area contributed by atoms with Gasteiger partial charge in [-0.1, -0.05) is 6.92 Å². The van der Waals surface area contributed by atoms with Gasteiger partial charge in [-0.05, 0) is 33.6 Å². The van der Waals surface area contributed by atoms with Crippen LogP contribution in [0.4, 0.5) is 0 Å². The molecule has 0 N–H and O–H groups in total. The highest BCUT2D eigenvalue weighted by molar-refractivity contribution is 6.18. The highest BCUT2D eigenvalue weighted by Crippen LogP contribution is 2.38. The fourth-order valence-corrected chi connectivity index (χ4v) is 2.05. The van der Waals surface area contributed by atoms with Crippen LogP contribution in [0.1, 0.15) is 40.5 Å². The summed E-state index contributed by atoms with van der Waals surface area (Å²) in [7, 11) is 1.35. The van der Waals surface area contributed by atoms with Crippen molar-refractivity contribution in [1.29, 1.82) is 0 Å². The maximum absolute atomic E-state index is 12.0. The van der Waals surface area contributed by atoms with E-state index in [1.54, 1.807) is 20.8 Å². The summed E-state index contributed by atoms with van der Waals surface area (Å²) in [6, 6.07) is 0. The van der Waals surface area contributed by atoms with E-state index in [0.29, 0.717) is 12.8 Å². The average molecular weight is 279 g/mol. The van der Waals surface area contributed by atoms with E-state index < -0.39 is 10.8 Å². The van der Waals surface area contributed by atoms with E-state index in [2.05, 4.69) is 0 Å². The number of rotatable bonds is 7. The Labute approximate surface area is 114 Å². The van der Waals surface area contributed by atoms with Crippen LogP contribution < -0.4 is 0 Å². The third-order valence-electron chi connectivity index (χ3n) is 3.15. The van der Waals surface area contributed by atoms with Crippen LogP contribution in [-0.4, -0.2) is 31.5 Å². The minimum atomic E-state index is -0.723. The van der Waals surface area contributed by atoms with Gasteiger partial charge in [-0.25, -0.2) is 0 Å². The lowest BCUT2D eigenvalue weighted by Gasteiger charge is -2.33. The van der Waals surface area contributed by atoms with Gasteiger partial charge >= 0.3 is 11.9 Å². The van der Waals surface area contributed by atoms with Crippen LogP contribution in [0.3, 0.4) is 0 Å². The Morgan fingerprint density at radius 2 is 1.72 bits per heavy atom. The van der Waals surface area contributed by atoms with E-state index in [1.807, 2.05) is 6.92 Å². The molecule has 0 amide bonds. The summed E-state index contributed by atoms with van der Waals surface area (Å²) >= 11 is 5.49. The molecule has 18 heavy (non-hydrogen) atoms. The van der Waals surface area contributed by atoms with Crippen LogP contribution in [0.5, 0.6) is 0 Å². The Kier molecular flexibility index (Phi) is 6.68. The number of carbonyl (C=O) groups is 2. The van der Waals surface area contributed by atoms with Gasteiger partial charge in [0.15, 0.2) is 0 Å². The van der Waals surface area contributed by atoms with Crippen molar-refractivity contribution in [3.8, 4) is 0 Å². The molecular formula is C13H23ClO4. The molecule has 1 unspecified atom stereocenters. The molecule has 0 saturated heterocycles. The first-order valence-corrected chi connectivity index (χ1v) is 6.58. The second-order valence-corrected chi connectivity index (χ2v) is 5.67. The molecule has 0 aromatic rings. The summed E-state index contributed by atoms with van der Waals surface area (Å²) < 4.78 is 9.84. The smallest absolute Gasteiger partial charge is 0.311 e. The van der Waals surface area contributed by atoms with Gasteiger partial charge in [-0.15, -0.1) is 11.6 Å². The zero-order valence-electron chi connectivity index (χ0n) is 11.8. The predicted octanol–water partition coefficient (Wildman–Crippen LogP) is 2.77. The molecule has 106 valence electrons. The number of ether oxygens (including phenoxy) is 2. The van der Waals surface area contributed by atoms with Crippen LogP contribution in [0, 0.1) is 10.8 Å². The predicted molar refractivity (Wildman–Crippen MR) is 70.5 cm³/mol. The number of esters is 2. The van der Waals surface area contributed by atoms with Crippen LogP contribution >= 0.6 is 11.6 Å². The summed E-state index contributed by atoms with van der Waals surface area (Å²) in [5.41, 5.74) is -1.43. The summed E-state index contributed by atoms with van der Waals surface area (Å²) in [6.07, 6.45) is 0.971. The van der Waals surface area contributed by atoms with Crippen LogP contribution in [0.15, 0.2) is 0 Å². The third kappa shape index (κ3) is 4.48. The van der Waals surface area contributed by atoms with Crippen molar-refractivity contribution in [2.24, 2.45) is 10.8 Å². The minimum Gasteiger partial charge on any atom is -0.469 e. The first-order chi connectivity index (χ1) is 8.23. The maximum Gasteiger partial charge on any atom is 0.311 e. The van der Waals surface area contributed by atoms with Crippen LogP contribution in [-0.2, 0) is 19.1 Å². The monoisotopic (exact) mass is 278 g/mol. The summed E-state index contributed by atoms with van der Waals surface area (Å²) in [5.74, 6) is -0.374. The standard InChI is InChI=1S/C13H23ClO4/c1-6-13(4,11(16)18-8-7-14)9-12(2,3)10(15)17-5/h6-9H2,1-5H3. The molecule has 5 heteroatoms. The van der Waals surface area contributed by atoms with Crippen molar-refractivity contribution in [3.63, 3.8) is 0 Å². The van der Waals surface area contributed by atoms with Crippen molar-refractivity contribution in [3.05, 3.63) is 0 Å². The molecule has 0 heterocycles. The number of halogens is 1. The number of hydrogen-bond acceptors (Lipinski definition) is 4. The van der Waals surface area contributed by atoms with Crippen molar-refractivity contribution < 1.29 is 19.1 Å². The van der Waals surface area contributed by atoms with E-state index in [1.165, 1.54) is 7.11 Å². The molecule has 1 atom stereocenters. The highest BCUT2D eigenvalue weighted by Gasteiger charge is 2.42. The Morgan fingerprint density at radius 1 is 1.17 bits per heavy atom. The first-order valence-electron chi connectivity index (χ1n) is 6.05. The number of alkyl halides is 1. The zero-order chi connectivity index (χ0) is 14.4. The Morgan fingerprint density at radius 3 is 2.11 bits per heavy atom. The fraction of sp³-hybridized carbons (Fsp3) is 0.846. The van der Waals surface area contributed by atoms with Crippen LogP contribution in [0.2, 0.25) is 0 Å². The molecule has 0 bridgehead atoms. The van der Waals surface area contributed by atoms with E-state index >= 15 is 0 Å². The quantitative estimate of drug-likeness (QED) is 0.531. The van der Waals surface area contributed by atoms with E-state index in [4.69, 9.17) is 21.1 Å². The molecule has 0 rings (SSSR count). The number of hydrogen-bond donors (Lipinski definition) is 0. The molecule has 4 nitrogen and oxygen atoms in total. The average Bonchev–Trinajstić information content (AvgIpc) is 2.33. The number of methoxy groups -OCH3 is 1. The zero-order valence-corrected chi connectivity index (χ0v) is 12.6. The van der Waals surface area contributed by atoms with E-state index in [-0.39, 0.29) is 24.4 Å². The van der Waals surface area contributed by atoms with Gasteiger partial charge in [0.25, 0.3) is 0 Å². The Bertz CT molecular complexity index is 301. The van der Waals surface area contributed by atoms with Crippen molar-refractivity contribution >= 4 is 23.5 Å². The summed E-state index contributed by atoms with van der Waals surface area (Å²) in [5, 5.41) is 0. The first kappa shape index (κ1) is 17.2. The Hall–Kier alpha value is -0.770. The van der Waals surface area contributed by atoms with Crippen molar-refractivity contribution in [1.82, 2.24) is 0 Å². The van der Waals surface area contributed by atoms with Gasteiger partial charge in [0.1, 0.15) is 6.61 Å². The largest absolute Gasteiger partial charge is 0.469 e. The topological polar surface area (TPSA) is 52.6 Å². The summed E-state index contributed by atoms with van der Waals surface area (Å²) in [6.45, 7) is 7.42. The molecule has 0 aliphatic carbocycles. The summed E-state index contributed by atoms with van der Waals surface area (Å²) in [4.78, 5) is 23.7. The van der Waals surface area contributed by atoms with Gasteiger partial charge in [0, 0.05) is 0 Å². The maximum atomic E-state index is 12.0. The van der Waals surface area contributed by atoms with Crippen LogP contribution in [0.25, 0.3) is 0 Å². The van der Waals surface area contributed by atoms with Crippen molar-refractivity contribution in [2.45, 2.75) is 40.5 Å². The molecular weight excluding hydrogens is 256 g/mol. The molecule has 0 radical (unpaired) electrons. The van der Waals surface area contributed by atoms with Gasteiger partial charge < -0.3 is 9.47 Å². The number of carbonyl (C=O) groups excluding carboxylic acids is 2. The molecule has 0 aliphatic heterocycles. The third-order valence-corrected chi connectivity index (χ3v) is 3.31. The Balaban J connectivity index is 4.85. The van der Waals surface area contributed by atoms with E-state index in [9.17, 15) is 9.59 Å². The fourth-order valence-electron chi connectivity index (χ4n) is 1.97. The normalized spacial score (nSPS) is 14.8. The van der Waals surface area contributed by atoms with Gasteiger partial charge in [-0.2, -0.15) is 0 Å². The van der Waals surface area contributed by atoms with Crippen molar-refractivity contribution in [2.75, 3.05) is 19.6 Å². The SMILES string of the molecule is CCC(C)(CC(C)(C)C(=O)OC)C(=O)OCCCl. The molecule has 0 aliphatic rings. The minimum absolute atomic E-state index is 0.189. The van der Waals surface area contributed by atoms with Gasteiger partial charge in [0.05, 0.1) is 23.8 Å². The molecule has 0 saturated carbocycles. The highest BCUT2D eigenvalue weighted by atomic mass is 35.5. The van der Waals surface area contributed by atoms with Gasteiger partial charge in [-0.3, -0.25) is 9.59 Å². The van der Waals surface area contributed by atoms with E-state index in [0.717, 1.165) is 0 Å². The second-order valence-electron chi connectivity index (χ2n) is 5.29.